The van der Waals surface area contributed by atoms with Crippen molar-refractivity contribution in [1.29, 1.82) is 0 Å². The van der Waals surface area contributed by atoms with Crippen molar-refractivity contribution >= 4 is 34.7 Å². The number of hydrogen-bond acceptors (Lipinski definition) is 5. The van der Waals surface area contributed by atoms with Crippen molar-refractivity contribution in [3.05, 3.63) is 106 Å². The molecule has 30 heavy (non-hydrogen) atoms. The van der Waals surface area contributed by atoms with Gasteiger partial charge in [0.1, 0.15) is 5.71 Å². The Kier molecular flexibility index (Phi) is 4.15. The summed E-state index contributed by atoms with van der Waals surface area (Å²) in [4.78, 5) is 45.7. The Hall–Kier alpha value is -3.57. The second-order valence-electron chi connectivity index (χ2n) is 7.19. The van der Waals surface area contributed by atoms with Crippen LogP contribution in [0.15, 0.2) is 84.0 Å². The molecule has 1 aliphatic heterocycles. The van der Waals surface area contributed by atoms with Crippen molar-refractivity contribution in [2.75, 3.05) is 0 Å². The lowest BCUT2D eigenvalue weighted by Crippen LogP contribution is -2.48. The van der Waals surface area contributed by atoms with Gasteiger partial charge >= 0.3 is 0 Å². The summed E-state index contributed by atoms with van der Waals surface area (Å²) in [7, 11) is 0. The predicted octanol–water partition coefficient (Wildman–Crippen LogP) is 4.51. The van der Waals surface area contributed by atoms with E-state index in [-0.39, 0.29) is 16.8 Å². The summed E-state index contributed by atoms with van der Waals surface area (Å²) in [5.74, 6) is -2.39. The highest BCUT2D eigenvalue weighted by Gasteiger charge is 2.66. The Balaban J connectivity index is 1.68. The standard InChI is InChI=1S/C24H14ClNO4/c25-16-12-10-14(11-13-16)19-20(21(27)15-6-2-1-3-7-15)26-30-24(19)22(28)17-8-4-5-9-18(17)23(24)29/h1-13,19H. The fraction of sp³-hybridized carbons (Fsp3) is 0.0833. The third-order valence-electron chi connectivity index (χ3n) is 5.53. The first-order chi connectivity index (χ1) is 14.5. The number of fused-ring (bicyclic) bond motifs is 1. The molecule has 3 aromatic carbocycles. The number of hydrogen-bond donors (Lipinski definition) is 0. The Bertz CT molecular complexity index is 1200. The van der Waals surface area contributed by atoms with Crippen LogP contribution in [0.25, 0.3) is 0 Å². The lowest BCUT2D eigenvalue weighted by Gasteiger charge is -2.26. The first kappa shape index (κ1) is 18.5. The summed E-state index contributed by atoms with van der Waals surface area (Å²) in [6.07, 6.45) is 0. The molecule has 2 aliphatic rings. The zero-order valence-electron chi connectivity index (χ0n) is 15.5. The zero-order valence-corrected chi connectivity index (χ0v) is 16.3. The number of carbonyl (C=O) groups excluding carboxylic acids is 3. The molecule has 1 unspecified atom stereocenters. The van der Waals surface area contributed by atoms with Crippen LogP contribution in [0.2, 0.25) is 5.02 Å². The highest BCUT2D eigenvalue weighted by molar-refractivity contribution is 6.51. The number of carbonyl (C=O) groups is 3. The number of rotatable bonds is 3. The van der Waals surface area contributed by atoms with Crippen molar-refractivity contribution in [2.24, 2.45) is 5.16 Å². The van der Waals surface area contributed by atoms with Gasteiger partial charge in [-0.1, -0.05) is 83.5 Å². The average Bonchev–Trinajstić information content (AvgIpc) is 3.28. The van der Waals surface area contributed by atoms with Gasteiger partial charge in [-0.25, -0.2) is 0 Å². The molecule has 0 N–H and O–H groups in total. The van der Waals surface area contributed by atoms with Crippen molar-refractivity contribution in [2.45, 2.75) is 11.5 Å². The molecular weight excluding hydrogens is 402 g/mol. The molecule has 1 heterocycles. The summed E-state index contributed by atoms with van der Waals surface area (Å²) in [5.41, 5.74) is -0.439. The van der Waals surface area contributed by atoms with E-state index in [4.69, 9.17) is 16.4 Å². The van der Waals surface area contributed by atoms with Crippen molar-refractivity contribution in [3.8, 4) is 0 Å². The van der Waals surface area contributed by atoms with Gasteiger partial charge in [0.25, 0.3) is 5.60 Å². The van der Waals surface area contributed by atoms with Gasteiger partial charge in [0, 0.05) is 21.7 Å². The molecule has 6 heteroatoms. The molecule has 0 fully saturated rings. The van der Waals surface area contributed by atoms with E-state index in [1.54, 1.807) is 78.9 Å². The van der Waals surface area contributed by atoms with E-state index in [1.807, 2.05) is 0 Å². The van der Waals surface area contributed by atoms with E-state index >= 15 is 0 Å². The van der Waals surface area contributed by atoms with Crippen LogP contribution in [-0.4, -0.2) is 28.7 Å². The number of oxime groups is 1. The number of nitrogens with zero attached hydrogens (tertiary/aromatic N) is 1. The predicted molar refractivity (Wildman–Crippen MR) is 111 cm³/mol. The normalized spacial score (nSPS) is 18.8. The van der Waals surface area contributed by atoms with Gasteiger partial charge in [-0.05, 0) is 17.7 Å². The number of Topliss-reactive ketones (excluding diaryl/α,β-unsaturated/α-hetero) is 3. The molecule has 1 atom stereocenters. The summed E-state index contributed by atoms with van der Waals surface area (Å²) < 4.78 is 0. The summed E-state index contributed by atoms with van der Waals surface area (Å²) >= 11 is 6.03. The van der Waals surface area contributed by atoms with E-state index in [2.05, 4.69) is 5.16 Å². The topological polar surface area (TPSA) is 72.8 Å². The molecular formula is C24H14ClNO4. The quantitative estimate of drug-likeness (QED) is 0.466. The lowest BCUT2D eigenvalue weighted by atomic mass is 9.74. The summed E-state index contributed by atoms with van der Waals surface area (Å²) in [6, 6.07) is 21.8. The van der Waals surface area contributed by atoms with Crippen LogP contribution in [-0.2, 0) is 4.84 Å². The Morgan fingerprint density at radius 1 is 0.833 bits per heavy atom. The number of ketones is 3. The molecule has 3 aromatic rings. The van der Waals surface area contributed by atoms with Crippen molar-refractivity contribution < 1.29 is 19.2 Å². The van der Waals surface area contributed by atoms with Gasteiger partial charge in [0.2, 0.25) is 17.3 Å². The van der Waals surface area contributed by atoms with Crippen LogP contribution >= 0.6 is 11.6 Å². The smallest absolute Gasteiger partial charge is 0.274 e. The van der Waals surface area contributed by atoms with Crippen LogP contribution in [0.4, 0.5) is 0 Å². The van der Waals surface area contributed by atoms with E-state index in [0.717, 1.165) is 0 Å². The van der Waals surface area contributed by atoms with Crippen LogP contribution in [0.3, 0.4) is 0 Å². The van der Waals surface area contributed by atoms with Gasteiger partial charge in [0.05, 0.1) is 5.92 Å². The monoisotopic (exact) mass is 415 g/mol. The van der Waals surface area contributed by atoms with Gasteiger partial charge in [-0.3, -0.25) is 14.4 Å². The Morgan fingerprint density at radius 2 is 1.40 bits per heavy atom. The Labute approximate surface area is 176 Å². The van der Waals surface area contributed by atoms with Crippen LogP contribution < -0.4 is 0 Å². The second-order valence-corrected chi connectivity index (χ2v) is 7.62. The fourth-order valence-electron chi connectivity index (χ4n) is 4.10. The number of benzene rings is 3. The minimum atomic E-state index is -1.93. The van der Waals surface area contributed by atoms with Gasteiger partial charge < -0.3 is 4.84 Å². The zero-order chi connectivity index (χ0) is 20.9. The maximum Gasteiger partial charge on any atom is 0.274 e. The van der Waals surface area contributed by atoms with Crippen molar-refractivity contribution in [3.63, 3.8) is 0 Å². The third-order valence-corrected chi connectivity index (χ3v) is 5.78. The summed E-state index contributed by atoms with van der Waals surface area (Å²) in [6.45, 7) is 0. The molecule has 1 aliphatic carbocycles. The lowest BCUT2D eigenvalue weighted by molar-refractivity contribution is 0.00129. The molecule has 5 nitrogen and oxygen atoms in total. The molecule has 0 radical (unpaired) electrons. The molecule has 0 bridgehead atoms. The Morgan fingerprint density at radius 3 is 2.00 bits per heavy atom. The van der Waals surface area contributed by atoms with Crippen molar-refractivity contribution in [1.82, 2.24) is 0 Å². The fourth-order valence-corrected chi connectivity index (χ4v) is 4.23. The summed E-state index contributed by atoms with van der Waals surface area (Å²) in [5, 5.41) is 4.50. The van der Waals surface area contributed by atoms with E-state index in [9.17, 15) is 14.4 Å². The van der Waals surface area contributed by atoms with Crippen LogP contribution in [0.5, 0.6) is 0 Å². The van der Waals surface area contributed by atoms with Gasteiger partial charge in [0.15, 0.2) is 0 Å². The van der Waals surface area contributed by atoms with Crippen LogP contribution in [0, 0.1) is 0 Å². The molecule has 146 valence electrons. The molecule has 0 saturated heterocycles. The molecule has 0 saturated carbocycles. The molecule has 0 amide bonds. The van der Waals surface area contributed by atoms with E-state index in [1.165, 1.54) is 0 Å². The minimum Gasteiger partial charge on any atom is -0.371 e. The largest absolute Gasteiger partial charge is 0.371 e. The highest BCUT2D eigenvalue weighted by atomic mass is 35.5. The van der Waals surface area contributed by atoms with Crippen LogP contribution in [0.1, 0.15) is 42.6 Å². The SMILES string of the molecule is O=C(C1=NOC2(C(=O)c3ccccc3C2=O)C1c1ccc(Cl)cc1)c1ccccc1. The first-order valence-corrected chi connectivity index (χ1v) is 9.72. The molecule has 0 aromatic heterocycles. The minimum absolute atomic E-state index is 0.0121. The van der Waals surface area contributed by atoms with E-state index in [0.29, 0.717) is 16.1 Å². The maximum absolute atomic E-state index is 13.4. The average molecular weight is 416 g/mol. The van der Waals surface area contributed by atoms with E-state index < -0.39 is 28.9 Å². The van der Waals surface area contributed by atoms with Gasteiger partial charge in [-0.15, -0.1) is 0 Å². The second kappa shape index (κ2) is 6.75. The molecule has 1 spiro atoms. The maximum atomic E-state index is 13.4. The molecule has 5 rings (SSSR count). The number of halogens is 1. The van der Waals surface area contributed by atoms with Gasteiger partial charge in [-0.2, -0.15) is 0 Å². The third kappa shape index (κ3) is 2.49. The highest BCUT2D eigenvalue weighted by Crippen LogP contribution is 2.47. The first-order valence-electron chi connectivity index (χ1n) is 9.34.